The van der Waals surface area contributed by atoms with Crippen LogP contribution in [-0.4, -0.2) is 16.1 Å². The zero-order valence-electron chi connectivity index (χ0n) is 7.58. The van der Waals surface area contributed by atoms with Crippen LogP contribution in [0.4, 0.5) is 13.2 Å². The Labute approximate surface area is 91.2 Å². The van der Waals surface area contributed by atoms with Crippen LogP contribution in [0.2, 0.25) is 0 Å². The summed E-state index contributed by atoms with van der Waals surface area (Å²) in [5, 5.41) is 8.87. The first-order valence-corrected chi connectivity index (χ1v) is 4.89. The fraction of sp³-hybridized carbons (Fsp3) is 0.111. The van der Waals surface area contributed by atoms with E-state index in [2.05, 4.69) is 4.98 Å². The van der Waals surface area contributed by atoms with Gasteiger partial charge in [-0.05, 0) is 12.1 Å². The number of carboxylic acids is 1. The van der Waals surface area contributed by atoms with Crippen molar-refractivity contribution in [2.24, 2.45) is 0 Å². The second-order valence-electron chi connectivity index (χ2n) is 3.03. The third-order valence-corrected chi connectivity index (χ3v) is 2.96. The number of thiophene rings is 1. The van der Waals surface area contributed by atoms with Crippen LogP contribution in [0.15, 0.2) is 18.3 Å². The topological polar surface area (TPSA) is 50.2 Å². The van der Waals surface area contributed by atoms with Gasteiger partial charge in [0.05, 0.1) is 5.56 Å². The van der Waals surface area contributed by atoms with E-state index in [0.29, 0.717) is 6.20 Å². The van der Waals surface area contributed by atoms with Crippen molar-refractivity contribution in [3.8, 4) is 0 Å². The van der Waals surface area contributed by atoms with Gasteiger partial charge in [0.1, 0.15) is 9.71 Å². The van der Waals surface area contributed by atoms with E-state index in [-0.39, 0.29) is 15.1 Å². The standard InChI is InChI=1S/C9H4F3NO2S/c10-9(11,12)5-1-4-2-6(8(14)15)16-7(4)13-3-5/h1-3H,(H,14,15). The summed E-state index contributed by atoms with van der Waals surface area (Å²) >= 11 is 0.847. The average molecular weight is 247 g/mol. The maximum atomic E-state index is 12.3. The highest BCUT2D eigenvalue weighted by Crippen LogP contribution is 2.32. The van der Waals surface area contributed by atoms with Gasteiger partial charge in [0, 0.05) is 11.6 Å². The Morgan fingerprint density at radius 1 is 1.38 bits per heavy atom. The van der Waals surface area contributed by atoms with E-state index in [4.69, 9.17) is 5.11 Å². The minimum Gasteiger partial charge on any atom is -0.477 e. The third-order valence-electron chi connectivity index (χ3n) is 1.91. The molecule has 0 spiro atoms. The summed E-state index contributed by atoms with van der Waals surface area (Å²) in [4.78, 5) is 14.5. The Morgan fingerprint density at radius 2 is 2.06 bits per heavy atom. The molecule has 0 aliphatic carbocycles. The van der Waals surface area contributed by atoms with Crippen molar-refractivity contribution in [1.29, 1.82) is 0 Å². The van der Waals surface area contributed by atoms with Crippen molar-refractivity contribution < 1.29 is 23.1 Å². The minimum atomic E-state index is -4.47. The largest absolute Gasteiger partial charge is 0.477 e. The SMILES string of the molecule is O=C(O)c1cc2cc(C(F)(F)F)cnc2s1. The molecule has 1 N–H and O–H groups in total. The smallest absolute Gasteiger partial charge is 0.417 e. The highest BCUT2D eigenvalue weighted by Gasteiger charge is 2.31. The van der Waals surface area contributed by atoms with Crippen molar-refractivity contribution in [2.75, 3.05) is 0 Å². The number of aromatic nitrogens is 1. The zero-order chi connectivity index (χ0) is 11.9. The fourth-order valence-electron chi connectivity index (χ4n) is 1.19. The quantitative estimate of drug-likeness (QED) is 0.842. The summed E-state index contributed by atoms with van der Waals surface area (Å²) in [5.41, 5.74) is -0.880. The van der Waals surface area contributed by atoms with E-state index in [1.165, 1.54) is 6.07 Å². The number of pyridine rings is 1. The predicted molar refractivity (Wildman–Crippen MR) is 51.6 cm³/mol. The first kappa shape index (κ1) is 10.9. The van der Waals surface area contributed by atoms with Gasteiger partial charge in [0.15, 0.2) is 0 Å². The number of fused-ring (bicyclic) bond motifs is 1. The van der Waals surface area contributed by atoms with E-state index in [0.717, 1.165) is 17.4 Å². The Balaban J connectivity index is 2.58. The summed E-state index contributed by atoms with van der Waals surface area (Å²) < 4.78 is 37.0. The summed E-state index contributed by atoms with van der Waals surface area (Å²) in [6.07, 6.45) is -3.77. The molecule has 0 fully saturated rings. The molecule has 0 saturated heterocycles. The molecule has 0 bridgehead atoms. The van der Waals surface area contributed by atoms with Crippen LogP contribution in [0.1, 0.15) is 15.2 Å². The van der Waals surface area contributed by atoms with Crippen molar-refractivity contribution >= 4 is 27.5 Å². The van der Waals surface area contributed by atoms with E-state index in [1.54, 1.807) is 0 Å². The summed E-state index contributed by atoms with van der Waals surface area (Å²) in [6, 6.07) is 2.08. The number of rotatable bonds is 1. The van der Waals surface area contributed by atoms with Crippen LogP contribution in [0, 0.1) is 0 Å². The Hall–Kier alpha value is -1.63. The minimum absolute atomic E-state index is 0.0261. The monoisotopic (exact) mass is 247 g/mol. The zero-order valence-corrected chi connectivity index (χ0v) is 8.39. The van der Waals surface area contributed by atoms with Gasteiger partial charge in [-0.25, -0.2) is 9.78 Å². The molecule has 84 valence electrons. The van der Waals surface area contributed by atoms with Crippen LogP contribution in [0.5, 0.6) is 0 Å². The second kappa shape index (κ2) is 3.44. The van der Waals surface area contributed by atoms with E-state index >= 15 is 0 Å². The van der Waals surface area contributed by atoms with Gasteiger partial charge in [0.2, 0.25) is 0 Å². The summed E-state index contributed by atoms with van der Waals surface area (Å²) in [5.74, 6) is -1.17. The normalized spacial score (nSPS) is 11.9. The Morgan fingerprint density at radius 3 is 2.62 bits per heavy atom. The highest BCUT2D eigenvalue weighted by atomic mass is 32.1. The molecule has 0 aromatic carbocycles. The van der Waals surface area contributed by atoms with Gasteiger partial charge >= 0.3 is 12.1 Å². The van der Waals surface area contributed by atoms with Gasteiger partial charge in [-0.15, -0.1) is 11.3 Å². The molecule has 0 atom stereocenters. The lowest BCUT2D eigenvalue weighted by atomic mass is 10.2. The molecular weight excluding hydrogens is 243 g/mol. The lowest BCUT2D eigenvalue weighted by Gasteiger charge is -2.04. The molecule has 2 heterocycles. The molecule has 7 heteroatoms. The Kier molecular flexibility index (Phi) is 2.34. The van der Waals surface area contributed by atoms with Crippen molar-refractivity contribution in [3.05, 3.63) is 28.8 Å². The highest BCUT2D eigenvalue weighted by molar-refractivity contribution is 7.20. The van der Waals surface area contributed by atoms with Crippen LogP contribution >= 0.6 is 11.3 Å². The lowest BCUT2D eigenvalue weighted by molar-refractivity contribution is -0.137. The van der Waals surface area contributed by atoms with Crippen LogP contribution in [-0.2, 0) is 6.18 Å². The lowest BCUT2D eigenvalue weighted by Crippen LogP contribution is -2.04. The number of halogens is 3. The summed E-state index contributed by atoms with van der Waals surface area (Å²) in [7, 11) is 0. The number of hydrogen-bond donors (Lipinski definition) is 1. The van der Waals surface area contributed by atoms with Crippen LogP contribution in [0.3, 0.4) is 0 Å². The number of aromatic carboxylic acids is 1. The molecule has 2 aromatic rings. The second-order valence-corrected chi connectivity index (χ2v) is 4.06. The number of carbonyl (C=O) groups is 1. The molecular formula is C9H4F3NO2S. The molecule has 3 nitrogen and oxygen atoms in total. The van der Waals surface area contributed by atoms with Crippen LogP contribution < -0.4 is 0 Å². The molecule has 0 unspecified atom stereocenters. The molecule has 0 radical (unpaired) electrons. The number of nitrogens with zero attached hydrogens (tertiary/aromatic N) is 1. The predicted octanol–water partition coefficient (Wildman–Crippen LogP) is 3.01. The third kappa shape index (κ3) is 1.85. The molecule has 0 saturated carbocycles. The Bertz CT molecular complexity index is 561. The van der Waals surface area contributed by atoms with Crippen molar-refractivity contribution in [1.82, 2.24) is 4.98 Å². The van der Waals surface area contributed by atoms with Crippen molar-refractivity contribution in [2.45, 2.75) is 6.18 Å². The van der Waals surface area contributed by atoms with Gasteiger partial charge in [-0.2, -0.15) is 13.2 Å². The van der Waals surface area contributed by atoms with Gasteiger partial charge < -0.3 is 5.11 Å². The molecule has 16 heavy (non-hydrogen) atoms. The first-order chi connectivity index (χ1) is 7.38. The molecule has 2 aromatic heterocycles. The van der Waals surface area contributed by atoms with E-state index in [9.17, 15) is 18.0 Å². The number of hydrogen-bond acceptors (Lipinski definition) is 3. The maximum Gasteiger partial charge on any atom is 0.417 e. The first-order valence-electron chi connectivity index (χ1n) is 4.08. The molecule has 0 aliphatic rings. The van der Waals surface area contributed by atoms with E-state index < -0.39 is 17.7 Å². The maximum absolute atomic E-state index is 12.3. The average Bonchev–Trinajstić information content (AvgIpc) is 2.58. The van der Waals surface area contributed by atoms with Crippen LogP contribution in [0.25, 0.3) is 10.2 Å². The van der Waals surface area contributed by atoms with Gasteiger partial charge in [-0.1, -0.05) is 0 Å². The number of alkyl halides is 3. The molecule has 0 amide bonds. The summed E-state index contributed by atoms with van der Waals surface area (Å²) in [6.45, 7) is 0. The van der Waals surface area contributed by atoms with Crippen molar-refractivity contribution in [3.63, 3.8) is 0 Å². The van der Waals surface area contributed by atoms with Gasteiger partial charge in [-0.3, -0.25) is 0 Å². The fourth-order valence-corrected chi connectivity index (χ4v) is 2.02. The molecule has 0 aliphatic heterocycles. The van der Waals surface area contributed by atoms with E-state index in [1.807, 2.05) is 0 Å². The van der Waals surface area contributed by atoms with Gasteiger partial charge in [0.25, 0.3) is 0 Å². The molecule has 2 rings (SSSR count). The number of carboxylic acid groups (broad SMARTS) is 1.